The first-order valence-corrected chi connectivity index (χ1v) is 7.59. The van der Waals surface area contributed by atoms with Crippen molar-refractivity contribution in [3.8, 4) is 0 Å². The van der Waals surface area contributed by atoms with Gasteiger partial charge in [-0.3, -0.25) is 0 Å². The fourth-order valence-electron chi connectivity index (χ4n) is 2.48. The molecule has 19 heavy (non-hydrogen) atoms. The van der Waals surface area contributed by atoms with Crippen LogP contribution in [0.1, 0.15) is 29.8 Å². The van der Waals surface area contributed by atoms with E-state index in [1.54, 1.807) is 11.3 Å². The Morgan fingerprint density at radius 1 is 1.37 bits per heavy atom. The number of nitrogens with one attached hydrogen (secondary N) is 1. The molecule has 1 aliphatic rings. The Balaban J connectivity index is 1.93. The molecule has 1 N–H and O–H groups in total. The molecule has 0 bridgehead atoms. The zero-order valence-electron chi connectivity index (χ0n) is 11.4. The van der Waals surface area contributed by atoms with Crippen LogP contribution in [0.3, 0.4) is 0 Å². The van der Waals surface area contributed by atoms with Crippen LogP contribution in [0.5, 0.6) is 0 Å². The molecule has 0 spiro atoms. The zero-order chi connectivity index (χ0) is 13.2. The molecule has 0 aliphatic carbocycles. The Morgan fingerprint density at radius 3 is 3.05 bits per heavy atom. The quantitative estimate of drug-likeness (QED) is 0.927. The molecule has 1 aliphatic heterocycles. The maximum atomic E-state index is 4.61. The Morgan fingerprint density at radius 2 is 2.21 bits per heavy atom. The summed E-state index contributed by atoms with van der Waals surface area (Å²) < 4.78 is 0. The molecule has 0 saturated carbocycles. The Kier molecular flexibility index (Phi) is 3.53. The first-order chi connectivity index (χ1) is 9.29. The summed E-state index contributed by atoms with van der Waals surface area (Å²) in [5.74, 6) is 0. The van der Waals surface area contributed by atoms with Gasteiger partial charge in [-0.25, -0.2) is 4.98 Å². The first-order valence-electron chi connectivity index (χ1n) is 6.78. The van der Waals surface area contributed by atoms with Crippen LogP contribution in [0.25, 0.3) is 0 Å². The molecule has 2 aromatic rings. The van der Waals surface area contributed by atoms with Crippen molar-refractivity contribution < 1.29 is 0 Å². The average Bonchev–Trinajstić information content (AvgIpc) is 2.95. The Hall–Kier alpha value is -1.39. The van der Waals surface area contributed by atoms with Gasteiger partial charge in [0, 0.05) is 29.3 Å². The van der Waals surface area contributed by atoms with Gasteiger partial charge in [0.2, 0.25) is 0 Å². The van der Waals surface area contributed by atoms with Gasteiger partial charge < -0.3 is 10.2 Å². The van der Waals surface area contributed by atoms with Crippen molar-refractivity contribution in [3.05, 3.63) is 40.9 Å². The van der Waals surface area contributed by atoms with Crippen molar-refractivity contribution in [3.63, 3.8) is 0 Å². The molecule has 3 nitrogen and oxygen atoms in total. The summed E-state index contributed by atoms with van der Waals surface area (Å²) in [4.78, 5) is 8.26. The van der Waals surface area contributed by atoms with Crippen LogP contribution in [-0.2, 0) is 6.42 Å². The highest BCUT2D eigenvalue weighted by Gasteiger charge is 2.20. The summed E-state index contributed by atoms with van der Waals surface area (Å²) in [6, 6.07) is 9.04. The van der Waals surface area contributed by atoms with E-state index in [-0.39, 0.29) is 0 Å². The number of aryl methyl sites for hydroxylation is 1. The summed E-state index contributed by atoms with van der Waals surface area (Å²) >= 11 is 1.79. The summed E-state index contributed by atoms with van der Waals surface area (Å²) in [5, 5.41) is 4.38. The van der Waals surface area contributed by atoms with Gasteiger partial charge in [-0.2, -0.15) is 0 Å². The third kappa shape index (κ3) is 2.38. The Labute approximate surface area is 118 Å². The standard InChI is InChI=1S/C15H19N3S/c1-11(16-2)14-10-17-15(19-14)18-9-5-7-12-6-3-4-8-13(12)18/h3-4,6,8,10-11,16H,5,7,9H2,1-2H3. The smallest absolute Gasteiger partial charge is 0.190 e. The minimum Gasteiger partial charge on any atom is -0.318 e. The van der Waals surface area contributed by atoms with Crippen molar-refractivity contribution in [1.82, 2.24) is 10.3 Å². The van der Waals surface area contributed by atoms with Crippen LogP contribution in [0.2, 0.25) is 0 Å². The molecule has 1 unspecified atom stereocenters. The molecule has 3 rings (SSSR count). The summed E-state index contributed by atoms with van der Waals surface area (Å²) in [6.45, 7) is 3.24. The second-order valence-electron chi connectivity index (χ2n) is 4.94. The van der Waals surface area contributed by atoms with Crippen LogP contribution in [-0.4, -0.2) is 18.6 Å². The molecule has 2 heterocycles. The topological polar surface area (TPSA) is 28.2 Å². The number of hydrogen-bond donors (Lipinski definition) is 1. The van der Waals surface area contributed by atoms with Gasteiger partial charge in [-0.05, 0) is 38.4 Å². The minimum atomic E-state index is 0.367. The zero-order valence-corrected chi connectivity index (χ0v) is 12.2. The molecule has 0 amide bonds. The molecule has 1 aromatic heterocycles. The van der Waals surface area contributed by atoms with Gasteiger partial charge in [0.05, 0.1) is 0 Å². The molecule has 0 radical (unpaired) electrons. The lowest BCUT2D eigenvalue weighted by Gasteiger charge is -2.28. The van der Waals surface area contributed by atoms with Crippen molar-refractivity contribution in [2.24, 2.45) is 0 Å². The molecule has 1 atom stereocenters. The molecule has 1 aromatic carbocycles. The molecule has 0 saturated heterocycles. The van der Waals surface area contributed by atoms with Crippen LogP contribution in [0.4, 0.5) is 10.8 Å². The number of aromatic nitrogens is 1. The maximum Gasteiger partial charge on any atom is 0.190 e. The lowest BCUT2D eigenvalue weighted by molar-refractivity contribution is 0.662. The molecular formula is C15H19N3S. The van der Waals surface area contributed by atoms with E-state index in [0.717, 1.165) is 11.7 Å². The van der Waals surface area contributed by atoms with E-state index in [1.807, 2.05) is 13.2 Å². The van der Waals surface area contributed by atoms with Gasteiger partial charge in [0.25, 0.3) is 0 Å². The number of fused-ring (bicyclic) bond motifs is 1. The lowest BCUT2D eigenvalue weighted by Crippen LogP contribution is -2.24. The van der Waals surface area contributed by atoms with Gasteiger partial charge in [-0.1, -0.05) is 29.5 Å². The Bertz CT molecular complexity index is 564. The number of nitrogens with zero attached hydrogens (tertiary/aromatic N) is 2. The van der Waals surface area contributed by atoms with Crippen molar-refractivity contribution in [2.75, 3.05) is 18.5 Å². The molecule has 0 fully saturated rings. The maximum absolute atomic E-state index is 4.61. The second kappa shape index (κ2) is 5.31. The summed E-state index contributed by atoms with van der Waals surface area (Å²) in [7, 11) is 1.99. The summed E-state index contributed by atoms with van der Waals surface area (Å²) in [6.07, 6.45) is 4.38. The van der Waals surface area contributed by atoms with E-state index >= 15 is 0 Å². The van der Waals surface area contributed by atoms with E-state index in [2.05, 4.69) is 46.4 Å². The van der Waals surface area contributed by atoms with Crippen LogP contribution < -0.4 is 10.2 Å². The minimum absolute atomic E-state index is 0.367. The van der Waals surface area contributed by atoms with E-state index in [0.29, 0.717) is 6.04 Å². The number of thiazole rings is 1. The van der Waals surface area contributed by atoms with E-state index in [4.69, 9.17) is 0 Å². The molecule has 4 heteroatoms. The second-order valence-corrected chi connectivity index (χ2v) is 5.98. The highest BCUT2D eigenvalue weighted by molar-refractivity contribution is 7.15. The SMILES string of the molecule is CNC(C)c1cnc(N2CCCc3ccccc32)s1. The van der Waals surface area contributed by atoms with E-state index < -0.39 is 0 Å². The van der Waals surface area contributed by atoms with Gasteiger partial charge in [0.1, 0.15) is 0 Å². The van der Waals surface area contributed by atoms with Crippen LogP contribution >= 0.6 is 11.3 Å². The fraction of sp³-hybridized carbons (Fsp3) is 0.400. The van der Waals surface area contributed by atoms with Crippen molar-refractivity contribution >= 4 is 22.2 Å². The number of anilines is 2. The third-order valence-electron chi connectivity index (χ3n) is 3.71. The van der Waals surface area contributed by atoms with Crippen LogP contribution in [0.15, 0.2) is 30.5 Å². The first kappa shape index (κ1) is 12.6. The average molecular weight is 273 g/mol. The van der Waals surface area contributed by atoms with E-state index in [9.17, 15) is 0 Å². The van der Waals surface area contributed by atoms with Crippen LogP contribution in [0, 0.1) is 0 Å². The van der Waals surface area contributed by atoms with Crippen molar-refractivity contribution in [2.45, 2.75) is 25.8 Å². The number of para-hydroxylation sites is 1. The highest BCUT2D eigenvalue weighted by Crippen LogP contribution is 2.36. The normalized spacial score (nSPS) is 16.2. The fourth-order valence-corrected chi connectivity index (χ4v) is 3.49. The van der Waals surface area contributed by atoms with E-state index in [1.165, 1.54) is 29.0 Å². The molecule has 100 valence electrons. The number of rotatable bonds is 3. The largest absolute Gasteiger partial charge is 0.318 e. The predicted molar refractivity (Wildman–Crippen MR) is 81.4 cm³/mol. The third-order valence-corrected chi connectivity index (χ3v) is 4.92. The van der Waals surface area contributed by atoms with Gasteiger partial charge in [-0.15, -0.1) is 0 Å². The lowest BCUT2D eigenvalue weighted by atomic mass is 10.0. The summed E-state index contributed by atoms with van der Waals surface area (Å²) in [5.41, 5.74) is 2.76. The number of hydrogen-bond acceptors (Lipinski definition) is 4. The monoisotopic (exact) mass is 273 g/mol. The van der Waals surface area contributed by atoms with Gasteiger partial charge in [0.15, 0.2) is 5.13 Å². The van der Waals surface area contributed by atoms with Gasteiger partial charge >= 0.3 is 0 Å². The highest BCUT2D eigenvalue weighted by atomic mass is 32.1. The molecular weight excluding hydrogens is 254 g/mol. The number of benzene rings is 1. The van der Waals surface area contributed by atoms with Crippen molar-refractivity contribution in [1.29, 1.82) is 0 Å². The predicted octanol–water partition coefficient (Wildman–Crippen LogP) is 3.51.